The Morgan fingerprint density at radius 2 is 1.94 bits per heavy atom. The van der Waals surface area contributed by atoms with Gasteiger partial charge < -0.3 is 9.47 Å². The lowest BCUT2D eigenvalue weighted by atomic mass is 10.2. The Morgan fingerprint density at radius 3 is 2.56 bits per heavy atom. The first-order valence-corrected chi connectivity index (χ1v) is 11.9. The molecular formula is C23H28ClF3N6O. The Morgan fingerprint density at radius 1 is 1.26 bits per heavy atom. The predicted molar refractivity (Wildman–Crippen MR) is 125 cm³/mol. The number of imidazole rings is 1. The molecule has 1 aliphatic carbocycles. The van der Waals surface area contributed by atoms with E-state index in [4.69, 9.17) is 11.6 Å². The summed E-state index contributed by atoms with van der Waals surface area (Å²) in [5.41, 5.74) is 0.719. The molecule has 1 unspecified atom stereocenters. The molecule has 1 amide bonds. The molecule has 1 fully saturated rings. The van der Waals surface area contributed by atoms with E-state index in [0.717, 1.165) is 48.2 Å². The topological polar surface area (TPSA) is 68.0 Å². The van der Waals surface area contributed by atoms with Crippen LogP contribution < -0.4 is 5.32 Å². The second kappa shape index (κ2) is 9.58. The quantitative estimate of drug-likeness (QED) is 0.435. The molecule has 0 aliphatic heterocycles. The number of hydrogen-bond donors (Lipinski definition) is 1. The summed E-state index contributed by atoms with van der Waals surface area (Å²) in [5, 5.41) is 6.12. The third-order valence-electron chi connectivity index (χ3n) is 6.29. The van der Waals surface area contributed by atoms with Gasteiger partial charge in [-0.2, -0.15) is 18.3 Å². The SMILES string of the molecule is CCN(CC)CCn1c(NC(=O)C(C)n2nc(C(F)(F)F)c(Cl)c2C2CC2)nc2ccccc21. The van der Waals surface area contributed by atoms with Gasteiger partial charge in [0.1, 0.15) is 6.04 Å². The minimum absolute atomic E-state index is 0.120. The number of hydrogen-bond acceptors (Lipinski definition) is 4. The average molecular weight is 497 g/mol. The summed E-state index contributed by atoms with van der Waals surface area (Å²) in [7, 11) is 0. The van der Waals surface area contributed by atoms with Crippen LogP contribution in [0.1, 0.15) is 57.0 Å². The van der Waals surface area contributed by atoms with Crippen LogP contribution in [0.25, 0.3) is 11.0 Å². The fourth-order valence-corrected chi connectivity index (χ4v) is 4.52. The van der Waals surface area contributed by atoms with Crippen LogP contribution in [0.15, 0.2) is 24.3 Å². The Labute approximate surface area is 200 Å². The highest BCUT2D eigenvalue weighted by atomic mass is 35.5. The van der Waals surface area contributed by atoms with Gasteiger partial charge in [0.05, 0.1) is 21.7 Å². The molecule has 34 heavy (non-hydrogen) atoms. The summed E-state index contributed by atoms with van der Waals surface area (Å²) in [5.74, 6) is -0.272. The number of fused-ring (bicyclic) bond motifs is 1. The van der Waals surface area contributed by atoms with Crippen LogP contribution in [0.5, 0.6) is 0 Å². The number of carbonyl (C=O) groups is 1. The van der Waals surface area contributed by atoms with Crippen molar-refractivity contribution in [2.45, 2.75) is 58.3 Å². The predicted octanol–water partition coefficient (Wildman–Crippen LogP) is 5.32. The minimum atomic E-state index is -4.69. The van der Waals surface area contributed by atoms with E-state index >= 15 is 0 Å². The van der Waals surface area contributed by atoms with Gasteiger partial charge in [0.2, 0.25) is 5.95 Å². The molecule has 3 aromatic rings. The third-order valence-corrected chi connectivity index (χ3v) is 6.66. The Hall–Kier alpha value is -2.59. The summed E-state index contributed by atoms with van der Waals surface area (Å²) in [6.07, 6.45) is -3.25. The third kappa shape index (κ3) is 4.79. The van der Waals surface area contributed by atoms with E-state index in [1.807, 2.05) is 28.8 Å². The van der Waals surface area contributed by atoms with Crippen molar-refractivity contribution >= 4 is 34.5 Å². The highest BCUT2D eigenvalue weighted by Gasteiger charge is 2.43. The number of rotatable bonds is 9. The van der Waals surface area contributed by atoms with Gasteiger partial charge in [-0.05, 0) is 45.0 Å². The molecule has 4 rings (SSSR count). The maximum Gasteiger partial charge on any atom is 0.436 e. The zero-order valence-corrected chi connectivity index (χ0v) is 20.1. The standard InChI is InChI=1S/C23H28ClF3N6O/c1-4-31(5-2)12-13-32-17-9-7-6-8-16(17)28-22(32)29-21(34)14(3)33-19(15-10-11-15)18(24)20(30-33)23(25,26)27/h6-9,14-15H,4-5,10-13H2,1-3H3,(H,28,29,34). The van der Waals surface area contributed by atoms with E-state index in [0.29, 0.717) is 12.5 Å². The first-order valence-electron chi connectivity index (χ1n) is 11.5. The van der Waals surface area contributed by atoms with Crippen LogP contribution in [0.3, 0.4) is 0 Å². The maximum atomic E-state index is 13.4. The van der Waals surface area contributed by atoms with E-state index in [1.165, 1.54) is 6.92 Å². The largest absolute Gasteiger partial charge is 0.436 e. The molecule has 1 saturated carbocycles. The summed E-state index contributed by atoms with van der Waals surface area (Å²) in [4.78, 5) is 20.0. The number of benzene rings is 1. The molecule has 7 nitrogen and oxygen atoms in total. The molecule has 2 aromatic heterocycles. The lowest BCUT2D eigenvalue weighted by molar-refractivity contribution is -0.141. The van der Waals surface area contributed by atoms with Crippen LogP contribution in [0.4, 0.5) is 19.1 Å². The Kier molecular flexibility index (Phi) is 6.91. The van der Waals surface area contributed by atoms with Gasteiger partial charge in [-0.15, -0.1) is 0 Å². The van der Waals surface area contributed by atoms with Gasteiger partial charge >= 0.3 is 6.18 Å². The number of halogens is 4. The molecule has 11 heteroatoms. The summed E-state index contributed by atoms with van der Waals surface area (Å²) >= 11 is 6.08. The van der Waals surface area contributed by atoms with Crippen LogP contribution in [0, 0.1) is 0 Å². The number of nitrogens with one attached hydrogen (secondary N) is 1. The molecule has 0 spiro atoms. The van der Waals surface area contributed by atoms with E-state index in [2.05, 4.69) is 34.1 Å². The number of alkyl halides is 3. The fraction of sp³-hybridized carbons (Fsp3) is 0.522. The number of para-hydroxylation sites is 2. The first kappa shape index (κ1) is 24.5. The molecule has 184 valence electrons. The molecule has 1 aliphatic rings. The van der Waals surface area contributed by atoms with Crippen molar-refractivity contribution in [2.24, 2.45) is 0 Å². The summed E-state index contributed by atoms with van der Waals surface area (Å²) < 4.78 is 43.4. The molecule has 2 heterocycles. The van der Waals surface area contributed by atoms with Crippen molar-refractivity contribution in [2.75, 3.05) is 25.0 Å². The van der Waals surface area contributed by atoms with Crippen molar-refractivity contribution in [3.63, 3.8) is 0 Å². The van der Waals surface area contributed by atoms with Crippen molar-refractivity contribution in [3.05, 3.63) is 40.7 Å². The van der Waals surface area contributed by atoms with Gasteiger partial charge in [-0.1, -0.05) is 37.6 Å². The van der Waals surface area contributed by atoms with Crippen molar-refractivity contribution in [3.8, 4) is 0 Å². The van der Waals surface area contributed by atoms with Gasteiger partial charge in [0.25, 0.3) is 5.91 Å². The maximum absolute atomic E-state index is 13.4. The zero-order chi connectivity index (χ0) is 24.6. The fourth-order valence-electron chi connectivity index (χ4n) is 4.13. The average Bonchev–Trinajstić information content (AvgIpc) is 3.48. The molecule has 1 aromatic carbocycles. The van der Waals surface area contributed by atoms with Gasteiger partial charge in [-0.25, -0.2) is 4.98 Å². The van der Waals surface area contributed by atoms with Crippen LogP contribution in [-0.2, 0) is 17.5 Å². The van der Waals surface area contributed by atoms with Crippen LogP contribution in [-0.4, -0.2) is 49.8 Å². The number of amides is 1. The zero-order valence-electron chi connectivity index (χ0n) is 19.4. The van der Waals surface area contributed by atoms with Crippen molar-refractivity contribution < 1.29 is 18.0 Å². The van der Waals surface area contributed by atoms with Gasteiger partial charge in [0, 0.05) is 19.0 Å². The lowest BCUT2D eigenvalue weighted by Crippen LogP contribution is -2.29. The number of carbonyl (C=O) groups excluding carboxylic acids is 1. The smallest absolute Gasteiger partial charge is 0.309 e. The highest BCUT2D eigenvalue weighted by Crippen LogP contribution is 2.47. The van der Waals surface area contributed by atoms with Crippen molar-refractivity contribution in [1.29, 1.82) is 0 Å². The van der Waals surface area contributed by atoms with E-state index in [1.54, 1.807) is 0 Å². The van der Waals surface area contributed by atoms with E-state index in [9.17, 15) is 18.0 Å². The van der Waals surface area contributed by atoms with Gasteiger partial charge in [-0.3, -0.25) is 14.8 Å². The first-order chi connectivity index (χ1) is 16.2. The Balaban J connectivity index is 1.63. The number of likely N-dealkylation sites (N-methyl/N-ethyl adjacent to an activating group) is 1. The van der Waals surface area contributed by atoms with E-state index < -0.39 is 28.8 Å². The second-order valence-corrected chi connectivity index (χ2v) is 8.91. The normalized spacial score (nSPS) is 15.3. The lowest BCUT2D eigenvalue weighted by Gasteiger charge is -2.20. The van der Waals surface area contributed by atoms with Gasteiger partial charge in [0.15, 0.2) is 5.69 Å². The number of nitrogens with zero attached hydrogens (tertiary/aromatic N) is 5. The number of anilines is 1. The summed E-state index contributed by atoms with van der Waals surface area (Å²) in [6, 6.07) is 6.55. The van der Waals surface area contributed by atoms with Crippen molar-refractivity contribution in [1.82, 2.24) is 24.2 Å². The van der Waals surface area contributed by atoms with Crippen LogP contribution >= 0.6 is 11.6 Å². The summed E-state index contributed by atoms with van der Waals surface area (Å²) in [6.45, 7) is 8.85. The molecule has 1 atom stereocenters. The van der Waals surface area contributed by atoms with Crippen LogP contribution in [0.2, 0.25) is 5.02 Å². The molecule has 1 N–H and O–H groups in total. The minimum Gasteiger partial charge on any atom is -0.309 e. The van der Waals surface area contributed by atoms with E-state index in [-0.39, 0.29) is 11.6 Å². The molecule has 0 radical (unpaired) electrons. The molecule has 0 saturated heterocycles. The highest BCUT2D eigenvalue weighted by molar-refractivity contribution is 6.32. The molecule has 0 bridgehead atoms. The second-order valence-electron chi connectivity index (χ2n) is 8.53. The molecular weight excluding hydrogens is 469 g/mol. The number of aromatic nitrogens is 4. The Bertz CT molecular complexity index is 1180. The monoisotopic (exact) mass is 496 g/mol.